The zero-order valence-corrected chi connectivity index (χ0v) is 14.3. The molecule has 1 fully saturated rings. The number of carbonyl (C=O) groups excluding carboxylic acids is 2. The molecule has 1 aromatic heterocycles. The van der Waals surface area contributed by atoms with Crippen molar-refractivity contribution in [3.8, 4) is 0 Å². The fourth-order valence-electron chi connectivity index (χ4n) is 3.09. The third kappa shape index (κ3) is 3.26. The smallest absolute Gasteiger partial charge is 0.252 e. The Morgan fingerprint density at radius 1 is 0.880 bits per heavy atom. The van der Waals surface area contributed by atoms with Crippen molar-refractivity contribution in [3.05, 3.63) is 93.7 Å². The minimum atomic E-state index is -0.177. The number of rotatable bonds is 5. The summed E-state index contributed by atoms with van der Waals surface area (Å²) < 4.78 is 0. The maximum Gasteiger partial charge on any atom is 0.252 e. The van der Waals surface area contributed by atoms with E-state index in [-0.39, 0.29) is 17.7 Å². The number of benzene rings is 2. The highest BCUT2D eigenvalue weighted by molar-refractivity contribution is 7.12. The molecule has 0 spiro atoms. The molecule has 2 unspecified atom stereocenters. The van der Waals surface area contributed by atoms with Gasteiger partial charge in [0.15, 0.2) is 0 Å². The van der Waals surface area contributed by atoms with Gasteiger partial charge in [0.1, 0.15) is 0 Å². The molecule has 2 aromatic carbocycles. The van der Waals surface area contributed by atoms with Gasteiger partial charge in [-0.15, -0.1) is 11.3 Å². The van der Waals surface area contributed by atoms with Gasteiger partial charge < -0.3 is 5.32 Å². The van der Waals surface area contributed by atoms with Gasteiger partial charge in [-0.25, -0.2) is 0 Å². The monoisotopic (exact) mass is 347 g/mol. The Morgan fingerprint density at radius 2 is 1.60 bits per heavy atom. The molecule has 4 heteroatoms. The second-order valence-corrected chi connectivity index (χ2v) is 7.13. The Kier molecular flexibility index (Phi) is 4.20. The molecule has 1 amide bonds. The van der Waals surface area contributed by atoms with Crippen molar-refractivity contribution in [1.82, 2.24) is 5.32 Å². The molecule has 124 valence electrons. The van der Waals surface area contributed by atoms with Gasteiger partial charge in [-0.05, 0) is 29.5 Å². The molecule has 4 rings (SSSR count). The quantitative estimate of drug-likeness (QED) is 0.701. The van der Waals surface area contributed by atoms with E-state index >= 15 is 0 Å². The van der Waals surface area contributed by atoms with Gasteiger partial charge in [-0.1, -0.05) is 54.6 Å². The lowest BCUT2D eigenvalue weighted by Crippen LogP contribution is -2.28. The molecular formula is C21H17NO2S. The molecule has 3 nitrogen and oxygen atoms in total. The first-order valence-electron chi connectivity index (χ1n) is 8.27. The second-order valence-electron chi connectivity index (χ2n) is 6.18. The van der Waals surface area contributed by atoms with Crippen molar-refractivity contribution in [2.45, 2.75) is 18.4 Å². The number of hydrogen-bond acceptors (Lipinski definition) is 3. The zero-order chi connectivity index (χ0) is 17.2. The number of hydrogen-bond donors (Lipinski definition) is 1. The summed E-state index contributed by atoms with van der Waals surface area (Å²) >= 11 is 1.39. The van der Waals surface area contributed by atoms with Crippen molar-refractivity contribution < 1.29 is 9.59 Å². The minimum Gasteiger partial charge on any atom is -0.349 e. The zero-order valence-electron chi connectivity index (χ0n) is 13.5. The molecule has 0 bridgehead atoms. The second kappa shape index (κ2) is 6.65. The van der Waals surface area contributed by atoms with Gasteiger partial charge in [0.2, 0.25) is 5.78 Å². The van der Waals surface area contributed by atoms with Gasteiger partial charge in [0.25, 0.3) is 5.91 Å². The first kappa shape index (κ1) is 15.8. The number of carbonyl (C=O) groups is 2. The summed E-state index contributed by atoms with van der Waals surface area (Å²) in [7, 11) is 0. The highest BCUT2D eigenvalue weighted by atomic mass is 32.1. The first-order chi connectivity index (χ1) is 12.2. The summed E-state index contributed by atoms with van der Waals surface area (Å²) in [6, 6.07) is 21.0. The number of amides is 1. The van der Waals surface area contributed by atoms with E-state index in [4.69, 9.17) is 0 Å². The molecular weight excluding hydrogens is 330 g/mol. The summed E-state index contributed by atoms with van der Waals surface area (Å²) in [6.07, 6.45) is 0.941. The van der Waals surface area contributed by atoms with E-state index in [9.17, 15) is 9.59 Å². The van der Waals surface area contributed by atoms with Crippen LogP contribution in [-0.4, -0.2) is 17.7 Å². The van der Waals surface area contributed by atoms with E-state index in [0.717, 1.165) is 6.42 Å². The van der Waals surface area contributed by atoms with Crippen LogP contribution in [0.25, 0.3) is 0 Å². The SMILES string of the molecule is O=C(NC1CC1c1ccccc1)c1ccccc1C(=O)c1cccs1. The average Bonchev–Trinajstić information content (AvgIpc) is 3.20. The van der Waals surface area contributed by atoms with Crippen LogP contribution in [0.15, 0.2) is 72.1 Å². The largest absolute Gasteiger partial charge is 0.349 e. The van der Waals surface area contributed by atoms with Crippen LogP contribution in [-0.2, 0) is 0 Å². The van der Waals surface area contributed by atoms with E-state index in [1.807, 2.05) is 29.6 Å². The average molecular weight is 347 g/mol. The lowest BCUT2D eigenvalue weighted by atomic mass is 10.0. The minimum absolute atomic E-state index is 0.101. The Morgan fingerprint density at radius 3 is 2.32 bits per heavy atom. The predicted octanol–water partition coefficient (Wildman–Crippen LogP) is 4.27. The van der Waals surface area contributed by atoms with Crippen LogP contribution < -0.4 is 5.32 Å². The van der Waals surface area contributed by atoms with Crippen LogP contribution in [0.1, 0.15) is 43.5 Å². The molecule has 0 radical (unpaired) electrons. The van der Waals surface area contributed by atoms with Crippen molar-refractivity contribution in [1.29, 1.82) is 0 Å². The summed E-state index contributed by atoms with van der Waals surface area (Å²) in [6.45, 7) is 0. The Labute approximate surface area is 150 Å². The van der Waals surface area contributed by atoms with E-state index in [1.54, 1.807) is 30.3 Å². The molecule has 1 aliphatic carbocycles. The topological polar surface area (TPSA) is 46.2 Å². The Hall–Kier alpha value is -2.72. The van der Waals surface area contributed by atoms with Gasteiger partial charge >= 0.3 is 0 Å². The van der Waals surface area contributed by atoms with E-state index in [2.05, 4.69) is 17.4 Å². The Balaban J connectivity index is 1.51. The fraction of sp³-hybridized carbons (Fsp3) is 0.143. The Bertz CT molecular complexity index is 903. The third-order valence-electron chi connectivity index (χ3n) is 4.50. The van der Waals surface area contributed by atoms with Crippen LogP contribution >= 0.6 is 11.3 Å². The van der Waals surface area contributed by atoms with Crippen molar-refractivity contribution >= 4 is 23.0 Å². The van der Waals surface area contributed by atoms with Crippen LogP contribution in [0.2, 0.25) is 0 Å². The third-order valence-corrected chi connectivity index (χ3v) is 5.36. The van der Waals surface area contributed by atoms with Crippen molar-refractivity contribution in [3.63, 3.8) is 0 Å². The molecule has 0 aliphatic heterocycles. The highest BCUT2D eigenvalue weighted by Crippen LogP contribution is 2.40. The van der Waals surface area contributed by atoms with Crippen molar-refractivity contribution in [2.24, 2.45) is 0 Å². The summed E-state index contributed by atoms with van der Waals surface area (Å²) in [5.41, 5.74) is 2.15. The van der Waals surface area contributed by atoms with Gasteiger partial charge in [-0.2, -0.15) is 0 Å². The summed E-state index contributed by atoms with van der Waals surface area (Å²) in [5, 5.41) is 4.94. The fourth-order valence-corrected chi connectivity index (χ4v) is 3.77. The summed E-state index contributed by atoms with van der Waals surface area (Å²) in [5.74, 6) is 0.0883. The molecule has 1 heterocycles. The van der Waals surface area contributed by atoms with Crippen LogP contribution in [0.4, 0.5) is 0 Å². The van der Waals surface area contributed by atoms with Gasteiger partial charge in [0.05, 0.1) is 10.4 Å². The van der Waals surface area contributed by atoms with Crippen LogP contribution in [0.5, 0.6) is 0 Å². The van der Waals surface area contributed by atoms with E-state index < -0.39 is 0 Å². The van der Waals surface area contributed by atoms with Crippen LogP contribution in [0.3, 0.4) is 0 Å². The molecule has 1 N–H and O–H groups in total. The number of ketones is 1. The summed E-state index contributed by atoms with van der Waals surface area (Å²) in [4.78, 5) is 26.0. The molecule has 1 aliphatic rings. The normalized spacial score (nSPS) is 18.6. The molecule has 2 atom stereocenters. The lowest BCUT2D eigenvalue weighted by molar-refractivity contribution is 0.0939. The predicted molar refractivity (Wildman–Crippen MR) is 99.2 cm³/mol. The van der Waals surface area contributed by atoms with E-state index in [0.29, 0.717) is 21.9 Å². The maximum absolute atomic E-state index is 12.7. The standard InChI is InChI=1S/C21H17NO2S/c23-20(19-11-6-12-25-19)15-9-4-5-10-16(15)21(24)22-18-13-17(18)14-7-2-1-3-8-14/h1-12,17-18H,13H2,(H,22,24). The molecule has 3 aromatic rings. The maximum atomic E-state index is 12.7. The molecule has 0 saturated heterocycles. The number of nitrogens with one attached hydrogen (secondary N) is 1. The van der Waals surface area contributed by atoms with Gasteiger partial charge in [-0.3, -0.25) is 9.59 Å². The van der Waals surface area contributed by atoms with Gasteiger partial charge in [0, 0.05) is 17.5 Å². The first-order valence-corrected chi connectivity index (χ1v) is 9.15. The number of thiophene rings is 1. The van der Waals surface area contributed by atoms with Crippen LogP contribution in [0, 0.1) is 0 Å². The molecule has 1 saturated carbocycles. The lowest BCUT2D eigenvalue weighted by Gasteiger charge is -2.09. The van der Waals surface area contributed by atoms with Crippen molar-refractivity contribution in [2.75, 3.05) is 0 Å². The molecule has 25 heavy (non-hydrogen) atoms. The van der Waals surface area contributed by atoms with E-state index in [1.165, 1.54) is 16.9 Å². The highest BCUT2D eigenvalue weighted by Gasteiger charge is 2.39.